The highest BCUT2D eigenvalue weighted by atomic mass is 16.3. The predicted molar refractivity (Wildman–Crippen MR) is 54.3 cm³/mol. The quantitative estimate of drug-likeness (QED) is 0.658. The van der Waals surface area contributed by atoms with Crippen molar-refractivity contribution in [3.63, 3.8) is 0 Å². The van der Waals surface area contributed by atoms with E-state index in [1.165, 1.54) is 19.3 Å². The van der Waals surface area contributed by atoms with Crippen LogP contribution in [0.1, 0.15) is 25.7 Å². The van der Waals surface area contributed by atoms with Crippen molar-refractivity contribution in [3.8, 4) is 0 Å². The van der Waals surface area contributed by atoms with Gasteiger partial charge in [-0.1, -0.05) is 18.2 Å². The second-order valence-corrected chi connectivity index (χ2v) is 4.38. The lowest BCUT2D eigenvalue weighted by Gasteiger charge is -2.40. The van der Waals surface area contributed by atoms with Crippen LogP contribution in [0.5, 0.6) is 0 Å². The second kappa shape index (κ2) is 3.67. The van der Waals surface area contributed by atoms with E-state index in [1.54, 1.807) is 0 Å². The molecule has 1 unspecified atom stereocenters. The van der Waals surface area contributed by atoms with Crippen LogP contribution in [0.25, 0.3) is 0 Å². The molecular weight excluding hydrogens is 160 g/mol. The maximum Gasteiger partial charge on any atom is 0.0608 e. The number of hydrogen-bond acceptors (Lipinski definition) is 1. The number of aliphatic hydroxyl groups excluding tert-OH is 1. The number of fused-ring (bicyclic) bond motifs is 2. The summed E-state index contributed by atoms with van der Waals surface area (Å²) >= 11 is 0. The lowest BCUT2D eigenvalue weighted by molar-refractivity contribution is 0.0476. The molecule has 0 aliphatic heterocycles. The second-order valence-electron chi connectivity index (χ2n) is 4.38. The molecule has 0 heterocycles. The molecule has 0 aromatic heterocycles. The maximum atomic E-state index is 9.89. The summed E-state index contributed by atoms with van der Waals surface area (Å²) in [7, 11) is 0. The highest BCUT2D eigenvalue weighted by Gasteiger charge is 2.35. The number of allylic oxidation sites excluding steroid dienone is 2. The number of rotatable bonds is 3. The number of hydrogen-bond donors (Lipinski definition) is 1. The fraction of sp³-hybridized carbons (Fsp3) is 0.667. The minimum atomic E-state index is -0.157. The molecule has 3 aliphatic carbocycles. The topological polar surface area (TPSA) is 20.2 Å². The van der Waals surface area contributed by atoms with Gasteiger partial charge in [0.2, 0.25) is 0 Å². The Bertz CT molecular complexity index is 219. The van der Waals surface area contributed by atoms with Crippen molar-refractivity contribution in [2.24, 2.45) is 17.8 Å². The maximum absolute atomic E-state index is 9.89. The van der Waals surface area contributed by atoms with Crippen molar-refractivity contribution in [1.82, 2.24) is 0 Å². The minimum Gasteiger partial charge on any atom is -0.392 e. The van der Waals surface area contributed by atoms with Gasteiger partial charge in [0, 0.05) is 0 Å². The summed E-state index contributed by atoms with van der Waals surface area (Å²) in [6.07, 6.45) is 10.9. The van der Waals surface area contributed by atoms with Crippen molar-refractivity contribution in [3.05, 3.63) is 24.8 Å². The van der Waals surface area contributed by atoms with Crippen molar-refractivity contribution in [2.45, 2.75) is 31.8 Å². The third-order valence-corrected chi connectivity index (χ3v) is 3.53. The molecule has 3 rings (SSSR count). The molecule has 0 amide bonds. The average Bonchev–Trinajstić information content (AvgIpc) is 2.20. The van der Waals surface area contributed by atoms with Crippen LogP contribution in [0.4, 0.5) is 0 Å². The molecule has 1 fully saturated rings. The molecule has 0 spiro atoms. The summed E-state index contributed by atoms with van der Waals surface area (Å²) in [5.74, 6) is 1.89. The SMILES string of the molecule is C=CCC(O)[C@@H]1C[C@@H]2C=C[C@H]1CC2. The molecule has 1 saturated carbocycles. The Morgan fingerprint density at radius 1 is 1.46 bits per heavy atom. The van der Waals surface area contributed by atoms with E-state index in [9.17, 15) is 5.11 Å². The first kappa shape index (κ1) is 9.01. The van der Waals surface area contributed by atoms with Crippen LogP contribution in [-0.4, -0.2) is 11.2 Å². The van der Waals surface area contributed by atoms with Gasteiger partial charge in [0.25, 0.3) is 0 Å². The molecule has 13 heavy (non-hydrogen) atoms. The lowest BCUT2D eigenvalue weighted by Crippen LogP contribution is -2.35. The van der Waals surface area contributed by atoms with Gasteiger partial charge in [0.1, 0.15) is 0 Å². The predicted octanol–water partition coefficient (Wildman–Crippen LogP) is 2.53. The molecule has 0 aromatic carbocycles. The molecule has 1 heteroatoms. The van der Waals surface area contributed by atoms with Crippen LogP contribution < -0.4 is 0 Å². The van der Waals surface area contributed by atoms with E-state index in [0.717, 1.165) is 12.3 Å². The smallest absolute Gasteiger partial charge is 0.0608 e. The van der Waals surface area contributed by atoms with Crippen LogP contribution in [0.15, 0.2) is 24.8 Å². The zero-order valence-corrected chi connectivity index (χ0v) is 8.02. The van der Waals surface area contributed by atoms with E-state index in [4.69, 9.17) is 0 Å². The Kier molecular flexibility index (Phi) is 2.54. The largest absolute Gasteiger partial charge is 0.392 e. The standard InChI is InChI=1S/C12H18O/c1-2-3-12(13)11-8-9-4-6-10(11)7-5-9/h2,4,6,9-13H,1,3,5,7-8H2/t9-,10+,11-,12?/m1/s1. The summed E-state index contributed by atoms with van der Waals surface area (Å²) < 4.78 is 0. The van der Waals surface area contributed by atoms with Gasteiger partial charge in [-0.3, -0.25) is 0 Å². The summed E-state index contributed by atoms with van der Waals surface area (Å²) in [4.78, 5) is 0. The zero-order valence-electron chi connectivity index (χ0n) is 8.02. The van der Waals surface area contributed by atoms with Gasteiger partial charge in [-0.2, -0.15) is 0 Å². The summed E-state index contributed by atoms with van der Waals surface area (Å²) in [6, 6.07) is 0. The normalized spacial score (nSPS) is 39.0. The Hall–Kier alpha value is -0.560. The highest BCUT2D eigenvalue weighted by Crippen LogP contribution is 2.42. The van der Waals surface area contributed by atoms with Crippen molar-refractivity contribution in [1.29, 1.82) is 0 Å². The zero-order chi connectivity index (χ0) is 9.26. The van der Waals surface area contributed by atoms with E-state index in [2.05, 4.69) is 18.7 Å². The highest BCUT2D eigenvalue weighted by molar-refractivity contribution is 5.07. The number of aliphatic hydroxyl groups is 1. The third kappa shape index (κ3) is 1.71. The molecule has 0 aromatic rings. The van der Waals surface area contributed by atoms with Crippen molar-refractivity contribution >= 4 is 0 Å². The molecule has 1 N–H and O–H groups in total. The fourth-order valence-electron chi connectivity index (χ4n) is 2.76. The van der Waals surface area contributed by atoms with E-state index < -0.39 is 0 Å². The van der Waals surface area contributed by atoms with Gasteiger partial charge in [-0.25, -0.2) is 0 Å². The van der Waals surface area contributed by atoms with E-state index in [1.807, 2.05) is 6.08 Å². The summed E-state index contributed by atoms with van der Waals surface area (Å²) in [6.45, 7) is 3.68. The minimum absolute atomic E-state index is 0.157. The van der Waals surface area contributed by atoms with Crippen LogP contribution in [0.3, 0.4) is 0 Å². The third-order valence-electron chi connectivity index (χ3n) is 3.53. The first-order valence-electron chi connectivity index (χ1n) is 5.28. The molecule has 0 saturated heterocycles. The van der Waals surface area contributed by atoms with Gasteiger partial charge in [-0.05, 0) is 43.4 Å². The average molecular weight is 178 g/mol. The van der Waals surface area contributed by atoms with Crippen LogP contribution in [-0.2, 0) is 0 Å². The Morgan fingerprint density at radius 3 is 2.77 bits per heavy atom. The summed E-state index contributed by atoms with van der Waals surface area (Å²) in [5.41, 5.74) is 0. The Balaban J connectivity index is 2.01. The molecule has 1 nitrogen and oxygen atoms in total. The monoisotopic (exact) mass is 178 g/mol. The van der Waals surface area contributed by atoms with E-state index in [0.29, 0.717) is 11.8 Å². The van der Waals surface area contributed by atoms with Crippen molar-refractivity contribution in [2.75, 3.05) is 0 Å². The van der Waals surface area contributed by atoms with Crippen LogP contribution >= 0.6 is 0 Å². The molecule has 2 bridgehead atoms. The Labute approximate surface area is 80.2 Å². The summed E-state index contributed by atoms with van der Waals surface area (Å²) in [5, 5.41) is 9.89. The van der Waals surface area contributed by atoms with Gasteiger partial charge >= 0.3 is 0 Å². The first-order chi connectivity index (χ1) is 6.31. The molecular formula is C12H18O. The Morgan fingerprint density at radius 2 is 2.31 bits per heavy atom. The first-order valence-corrected chi connectivity index (χ1v) is 5.28. The van der Waals surface area contributed by atoms with Crippen molar-refractivity contribution < 1.29 is 5.11 Å². The van der Waals surface area contributed by atoms with Gasteiger partial charge in [0.05, 0.1) is 6.10 Å². The van der Waals surface area contributed by atoms with Gasteiger partial charge < -0.3 is 5.11 Å². The van der Waals surface area contributed by atoms with Gasteiger partial charge in [0.15, 0.2) is 0 Å². The molecule has 4 atom stereocenters. The van der Waals surface area contributed by atoms with Crippen LogP contribution in [0, 0.1) is 17.8 Å². The fourth-order valence-corrected chi connectivity index (χ4v) is 2.76. The lowest BCUT2D eigenvalue weighted by atomic mass is 9.67. The molecule has 0 radical (unpaired) electrons. The van der Waals surface area contributed by atoms with Gasteiger partial charge in [-0.15, -0.1) is 6.58 Å². The molecule has 3 aliphatic rings. The molecule has 72 valence electrons. The van der Waals surface area contributed by atoms with E-state index in [-0.39, 0.29) is 6.10 Å². The van der Waals surface area contributed by atoms with E-state index >= 15 is 0 Å². The van der Waals surface area contributed by atoms with Crippen LogP contribution in [0.2, 0.25) is 0 Å².